The van der Waals surface area contributed by atoms with Gasteiger partial charge in [-0.2, -0.15) is 0 Å². The Bertz CT molecular complexity index is 511. The predicted molar refractivity (Wildman–Crippen MR) is 81.2 cm³/mol. The second-order valence-corrected chi connectivity index (χ2v) is 5.69. The summed E-state index contributed by atoms with van der Waals surface area (Å²) in [7, 11) is 0. The largest absolute Gasteiger partial charge is 0.466 e. The highest BCUT2D eigenvalue weighted by Gasteiger charge is 2.28. The lowest BCUT2D eigenvalue weighted by Gasteiger charge is -2.31. The zero-order chi connectivity index (χ0) is 15.4. The van der Waals surface area contributed by atoms with Gasteiger partial charge in [-0.15, -0.1) is 0 Å². The van der Waals surface area contributed by atoms with Crippen molar-refractivity contribution in [1.82, 2.24) is 4.90 Å². The van der Waals surface area contributed by atoms with E-state index in [1.165, 1.54) is 0 Å². The van der Waals surface area contributed by atoms with Gasteiger partial charge < -0.3 is 9.64 Å². The van der Waals surface area contributed by atoms with Crippen molar-refractivity contribution in [2.24, 2.45) is 5.92 Å². The van der Waals surface area contributed by atoms with Gasteiger partial charge in [-0.1, -0.05) is 17.2 Å². The third kappa shape index (κ3) is 3.84. The minimum atomic E-state index is -0.129. The number of amides is 1. The van der Waals surface area contributed by atoms with E-state index >= 15 is 0 Å². The van der Waals surface area contributed by atoms with Gasteiger partial charge in [0.05, 0.1) is 12.5 Å². The van der Waals surface area contributed by atoms with Crippen LogP contribution in [0.5, 0.6) is 0 Å². The Morgan fingerprint density at radius 3 is 2.24 bits per heavy atom. The molecule has 0 atom stereocenters. The van der Waals surface area contributed by atoms with Crippen LogP contribution in [0.1, 0.15) is 41.3 Å². The molecule has 0 spiro atoms. The summed E-state index contributed by atoms with van der Waals surface area (Å²) in [6.07, 6.45) is 1.38. The van der Waals surface area contributed by atoms with E-state index in [1.54, 1.807) is 0 Å². The SMILES string of the molecule is CCOC(=O)C1CCN(C(=O)c2cc(C)cc(C)c2)CC1. The first-order chi connectivity index (χ1) is 10.0. The highest BCUT2D eigenvalue weighted by molar-refractivity contribution is 5.94. The van der Waals surface area contributed by atoms with Gasteiger partial charge in [-0.05, 0) is 45.7 Å². The van der Waals surface area contributed by atoms with Crippen LogP contribution in [0.2, 0.25) is 0 Å². The second-order valence-electron chi connectivity index (χ2n) is 5.69. The quantitative estimate of drug-likeness (QED) is 0.804. The van der Waals surface area contributed by atoms with Crippen molar-refractivity contribution in [2.75, 3.05) is 19.7 Å². The van der Waals surface area contributed by atoms with Crippen LogP contribution >= 0.6 is 0 Å². The summed E-state index contributed by atoms with van der Waals surface area (Å²) in [6.45, 7) is 7.47. The number of hydrogen-bond acceptors (Lipinski definition) is 3. The zero-order valence-corrected chi connectivity index (χ0v) is 13.0. The summed E-state index contributed by atoms with van der Waals surface area (Å²) in [4.78, 5) is 26.1. The molecular formula is C17H23NO3. The number of hydrogen-bond donors (Lipinski definition) is 0. The van der Waals surface area contributed by atoms with Crippen LogP contribution < -0.4 is 0 Å². The fraction of sp³-hybridized carbons (Fsp3) is 0.529. The van der Waals surface area contributed by atoms with Gasteiger partial charge in [0.15, 0.2) is 0 Å². The maximum atomic E-state index is 12.5. The Hall–Kier alpha value is -1.84. The molecule has 0 aromatic heterocycles. The van der Waals surface area contributed by atoms with Gasteiger partial charge in [0, 0.05) is 18.7 Å². The summed E-state index contributed by atoms with van der Waals surface area (Å²) >= 11 is 0. The molecule has 0 radical (unpaired) electrons. The van der Waals surface area contributed by atoms with Crippen molar-refractivity contribution in [3.8, 4) is 0 Å². The van der Waals surface area contributed by atoms with Gasteiger partial charge in [0.2, 0.25) is 0 Å². The van der Waals surface area contributed by atoms with Gasteiger partial charge in [-0.3, -0.25) is 9.59 Å². The Balaban J connectivity index is 1.98. The van der Waals surface area contributed by atoms with Gasteiger partial charge in [0.25, 0.3) is 5.91 Å². The predicted octanol–water partition coefficient (Wildman–Crippen LogP) is 2.72. The molecule has 2 rings (SSSR count). The number of carbonyl (C=O) groups is 2. The van der Waals surface area contributed by atoms with Crippen LogP contribution in [0.25, 0.3) is 0 Å². The number of piperidine rings is 1. The topological polar surface area (TPSA) is 46.6 Å². The van der Waals surface area contributed by atoms with Crippen molar-refractivity contribution in [2.45, 2.75) is 33.6 Å². The second kappa shape index (κ2) is 6.74. The standard InChI is InChI=1S/C17H23NO3/c1-4-21-17(20)14-5-7-18(8-6-14)16(19)15-10-12(2)9-13(3)11-15/h9-11,14H,4-8H2,1-3H3. The summed E-state index contributed by atoms with van der Waals surface area (Å²) in [5, 5.41) is 0. The van der Waals surface area contributed by atoms with Crippen LogP contribution in [-0.2, 0) is 9.53 Å². The first-order valence-corrected chi connectivity index (χ1v) is 7.55. The summed E-state index contributed by atoms with van der Waals surface area (Å²) in [6, 6.07) is 5.91. The lowest BCUT2D eigenvalue weighted by atomic mass is 9.96. The van der Waals surface area contributed by atoms with E-state index in [0.29, 0.717) is 32.5 Å². The third-order valence-corrected chi connectivity index (χ3v) is 3.87. The molecule has 0 bridgehead atoms. The molecule has 1 fully saturated rings. The van der Waals surface area contributed by atoms with Crippen LogP contribution in [0.15, 0.2) is 18.2 Å². The van der Waals surface area contributed by atoms with Gasteiger partial charge in [0.1, 0.15) is 0 Å². The Labute approximate surface area is 126 Å². The van der Waals surface area contributed by atoms with Crippen molar-refractivity contribution in [3.05, 3.63) is 34.9 Å². The summed E-state index contributed by atoms with van der Waals surface area (Å²) in [5.74, 6) is -0.131. The minimum Gasteiger partial charge on any atom is -0.466 e. The average Bonchev–Trinajstić information content (AvgIpc) is 2.46. The molecule has 0 N–H and O–H groups in total. The molecule has 0 aliphatic carbocycles. The molecular weight excluding hydrogens is 266 g/mol. The smallest absolute Gasteiger partial charge is 0.309 e. The van der Waals surface area contributed by atoms with Crippen molar-refractivity contribution >= 4 is 11.9 Å². The first-order valence-electron chi connectivity index (χ1n) is 7.55. The molecule has 1 aromatic carbocycles. The number of benzene rings is 1. The Kier molecular flexibility index (Phi) is 4.99. The lowest BCUT2D eigenvalue weighted by Crippen LogP contribution is -2.40. The van der Waals surface area contributed by atoms with Crippen LogP contribution in [0, 0.1) is 19.8 Å². The number of rotatable bonds is 3. The molecule has 1 aliphatic heterocycles. The Morgan fingerprint density at radius 1 is 1.14 bits per heavy atom. The van der Waals surface area contributed by atoms with Crippen LogP contribution in [0.4, 0.5) is 0 Å². The molecule has 4 heteroatoms. The number of aryl methyl sites for hydroxylation is 2. The minimum absolute atomic E-state index is 0.0594. The van der Waals surface area contributed by atoms with Crippen LogP contribution in [-0.4, -0.2) is 36.5 Å². The molecule has 1 amide bonds. The van der Waals surface area contributed by atoms with E-state index in [0.717, 1.165) is 16.7 Å². The molecule has 1 aliphatic rings. The van der Waals surface area contributed by atoms with Gasteiger partial charge in [-0.25, -0.2) is 0 Å². The fourth-order valence-electron chi connectivity index (χ4n) is 2.86. The van der Waals surface area contributed by atoms with E-state index in [4.69, 9.17) is 4.74 Å². The van der Waals surface area contributed by atoms with Crippen molar-refractivity contribution in [3.63, 3.8) is 0 Å². The molecule has 1 aromatic rings. The number of esters is 1. The number of likely N-dealkylation sites (tertiary alicyclic amines) is 1. The van der Waals surface area contributed by atoms with Crippen LogP contribution in [0.3, 0.4) is 0 Å². The highest BCUT2D eigenvalue weighted by atomic mass is 16.5. The molecule has 0 unspecified atom stereocenters. The maximum absolute atomic E-state index is 12.5. The average molecular weight is 289 g/mol. The number of nitrogens with zero attached hydrogens (tertiary/aromatic N) is 1. The Morgan fingerprint density at radius 2 is 1.71 bits per heavy atom. The normalized spacial score (nSPS) is 15.9. The monoisotopic (exact) mass is 289 g/mol. The molecule has 114 valence electrons. The zero-order valence-electron chi connectivity index (χ0n) is 13.0. The van der Waals surface area contributed by atoms with E-state index in [-0.39, 0.29) is 17.8 Å². The van der Waals surface area contributed by atoms with Crippen molar-refractivity contribution in [1.29, 1.82) is 0 Å². The molecule has 0 saturated carbocycles. The summed E-state index contributed by atoms with van der Waals surface area (Å²) in [5.41, 5.74) is 2.93. The lowest BCUT2D eigenvalue weighted by molar-refractivity contribution is -0.149. The fourth-order valence-corrected chi connectivity index (χ4v) is 2.86. The molecule has 1 saturated heterocycles. The number of ether oxygens (including phenoxy) is 1. The van der Waals surface area contributed by atoms with Gasteiger partial charge >= 0.3 is 5.97 Å². The van der Waals surface area contributed by atoms with E-state index in [1.807, 2.05) is 37.8 Å². The third-order valence-electron chi connectivity index (χ3n) is 3.87. The van der Waals surface area contributed by atoms with E-state index in [2.05, 4.69) is 6.07 Å². The highest BCUT2D eigenvalue weighted by Crippen LogP contribution is 2.21. The molecule has 21 heavy (non-hydrogen) atoms. The maximum Gasteiger partial charge on any atom is 0.309 e. The summed E-state index contributed by atoms with van der Waals surface area (Å²) < 4.78 is 5.05. The van der Waals surface area contributed by atoms with E-state index < -0.39 is 0 Å². The van der Waals surface area contributed by atoms with Crippen molar-refractivity contribution < 1.29 is 14.3 Å². The molecule has 1 heterocycles. The first kappa shape index (κ1) is 15.5. The molecule has 4 nitrogen and oxygen atoms in total. The number of carbonyl (C=O) groups excluding carboxylic acids is 2. The van der Waals surface area contributed by atoms with E-state index in [9.17, 15) is 9.59 Å².